The molecule has 2 saturated heterocycles. The van der Waals surface area contributed by atoms with Crippen LogP contribution in [0.4, 0.5) is 5.69 Å². The fourth-order valence-corrected chi connectivity index (χ4v) is 5.07. The zero-order valence-corrected chi connectivity index (χ0v) is 18.0. The van der Waals surface area contributed by atoms with Crippen LogP contribution in [-0.4, -0.2) is 47.8 Å². The van der Waals surface area contributed by atoms with Gasteiger partial charge in [-0.1, -0.05) is 30.3 Å². The minimum Gasteiger partial charge on any atom is -0.364 e. The molecule has 1 unspecified atom stereocenters. The molecule has 0 radical (unpaired) electrons. The minimum absolute atomic E-state index is 0.121. The molecular weight excluding hydrogens is 404 g/mol. The van der Waals surface area contributed by atoms with Crippen LogP contribution in [0.15, 0.2) is 48.5 Å². The Balaban J connectivity index is 1.37. The van der Waals surface area contributed by atoms with Gasteiger partial charge in [0.25, 0.3) is 5.91 Å². The molecule has 0 bridgehead atoms. The summed E-state index contributed by atoms with van der Waals surface area (Å²) in [4.78, 5) is 41.0. The summed E-state index contributed by atoms with van der Waals surface area (Å²) >= 11 is 0. The normalized spacial score (nSPS) is 21.4. The molecule has 32 heavy (non-hydrogen) atoms. The van der Waals surface area contributed by atoms with Crippen molar-refractivity contribution >= 4 is 23.4 Å². The summed E-state index contributed by atoms with van der Waals surface area (Å²) in [5.74, 6) is -0.759. The number of amides is 3. The molecule has 2 N–H and O–H groups in total. The van der Waals surface area contributed by atoms with E-state index in [1.54, 1.807) is 4.90 Å². The summed E-state index contributed by atoms with van der Waals surface area (Å²) in [5.41, 5.74) is 3.89. The number of nitrogens with one attached hydrogen (secondary N) is 2. The van der Waals surface area contributed by atoms with E-state index in [1.165, 1.54) is 5.69 Å². The first-order valence-electron chi connectivity index (χ1n) is 11.4. The van der Waals surface area contributed by atoms with Crippen LogP contribution in [0.3, 0.4) is 0 Å². The Morgan fingerprint density at radius 3 is 2.50 bits per heavy atom. The van der Waals surface area contributed by atoms with Crippen LogP contribution in [0.25, 0.3) is 0 Å². The lowest BCUT2D eigenvalue weighted by atomic mass is 10.0. The summed E-state index contributed by atoms with van der Waals surface area (Å²) in [7, 11) is 0. The van der Waals surface area contributed by atoms with E-state index in [2.05, 4.69) is 45.9 Å². The average molecular weight is 433 g/mol. The maximum Gasteiger partial charge on any atom is 0.255 e. The van der Waals surface area contributed by atoms with Crippen LogP contribution >= 0.6 is 0 Å². The Hall–Kier alpha value is -3.19. The zero-order valence-electron chi connectivity index (χ0n) is 18.0. The first-order chi connectivity index (χ1) is 15.6. The van der Waals surface area contributed by atoms with Crippen LogP contribution in [0, 0.1) is 0 Å². The Bertz CT molecular complexity index is 1030. The summed E-state index contributed by atoms with van der Waals surface area (Å²) in [5, 5.41) is 5.80. The monoisotopic (exact) mass is 432 g/mol. The van der Waals surface area contributed by atoms with Crippen molar-refractivity contribution in [3.8, 4) is 0 Å². The van der Waals surface area contributed by atoms with E-state index in [-0.39, 0.29) is 24.1 Å². The molecule has 7 nitrogen and oxygen atoms in total. The van der Waals surface area contributed by atoms with Gasteiger partial charge in [-0.2, -0.15) is 0 Å². The van der Waals surface area contributed by atoms with Gasteiger partial charge < -0.3 is 15.1 Å². The first kappa shape index (κ1) is 20.7. The van der Waals surface area contributed by atoms with Crippen LogP contribution in [-0.2, 0) is 22.7 Å². The average Bonchev–Trinajstić information content (AvgIpc) is 3.14. The third-order valence-electron chi connectivity index (χ3n) is 6.78. The fourth-order valence-electron chi connectivity index (χ4n) is 5.07. The Morgan fingerprint density at radius 2 is 1.75 bits per heavy atom. The van der Waals surface area contributed by atoms with Gasteiger partial charge in [0, 0.05) is 36.8 Å². The van der Waals surface area contributed by atoms with E-state index in [9.17, 15) is 14.4 Å². The first-order valence-corrected chi connectivity index (χ1v) is 11.4. The number of carbonyl (C=O) groups excluding carboxylic acids is 3. The fraction of sp³-hybridized carbons (Fsp3) is 0.400. The predicted molar refractivity (Wildman–Crippen MR) is 121 cm³/mol. The van der Waals surface area contributed by atoms with Crippen LogP contribution in [0.2, 0.25) is 0 Å². The topological polar surface area (TPSA) is 81.8 Å². The van der Waals surface area contributed by atoms with Gasteiger partial charge in [-0.3, -0.25) is 19.7 Å². The number of imide groups is 1. The second kappa shape index (κ2) is 8.74. The zero-order chi connectivity index (χ0) is 22.1. The maximum atomic E-state index is 13.2. The molecule has 3 aliphatic heterocycles. The minimum atomic E-state index is -0.577. The van der Waals surface area contributed by atoms with Crippen molar-refractivity contribution < 1.29 is 14.4 Å². The number of hydrogen-bond acceptors (Lipinski definition) is 5. The van der Waals surface area contributed by atoms with Crippen molar-refractivity contribution in [3.05, 3.63) is 65.2 Å². The van der Waals surface area contributed by atoms with Gasteiger partial charge in [-0.25, -0.2) is 0 Å². The molecular formula is C25H28N4O3. The van der Waals surface area contributed by atoms with Crippen molar-refractivity contribution in [2.45, 2.75) is 50.9 Å². The molecule has 2 aromatic rings. The number of nitrogens with zero attached hydrogens (tertiary/aromatic N) is 2. The highest BCUT2D eigenvalue weighted by Gasteiger charge is 2.39. The van der Waals surface area contributed by atoms with Crippen molar-refractivity contribution in [2.75, 3.05) is 18.0 Å². The Labute approximate surface area is 187 Å². The highest BCUT2D eigenvalue weighted by molar-refractivity contribution is 6.05. The second-order valence-electron chi connectivity index (χ2n) is 8.84. The van der Waals surface area contributed by atoms with E-state index in [0.717, 1.165) is 43.6 Å². The van der Waals surface area contributed by atoms with Gasteiger partial charge >= 0.3 is 0 Å². The van der Waals surface area contributed by atoms with Crippen LogP contribution in [0.1, 0.15) is 47.2 Å². The smallest absolute Gasteiger partial charge is 0.255 e. The largest absolute Gasteiger partial charge is 0.364 e. The van der Waals surface area contributed by atoms with E-state index < -0.39 is 6.04 Å². The van der Waals surface area contributed by atoms with Crippen LogP contribution in [0.5, 0.6) is 0 Å². The van der Waals surface area contributed by atoms with Crippen molar-refractivity contribution in [3.63, 3.8) is 0 Å². The summed E-state index contributed by atoms with van der Waals surface area (Å²) in [6.45, 7) is 3.17. The van der Waals surface area contributed by atoms with Gasteiger partial charge in [-0.05, 0) is 61.7 Å². The lowest BCUT2D eigenvalue weighted by molar-refractivity contribution is -0.136. The number of anilines is 1. The number of benzene rings is 2. The van der Waals surface area contributed by atoms with E-state index in [4.69, 9.17) is 0 Å². The third kappa shape index (κ3) is 4.00. The number of carbonyl (C=O) groups is 3. The van der Waals surface area contributed by atoms with Crippen molar-refractivity contribution in [2.24, 2.45) is 0 Å². The molecule has 5 rings (SSSR count). The molecule has 3 amide bonds. The molecule has 1 atom stereocenters. The number of fused-ring (bicyclic) bond motifs is 1. The molecule has 2 aromatic carbocycles. The van der Waals surface area contributed by atoms with E-state index in [1.807, 2.05) is 18.2 Å². The van der Waals surface area contributed by atoms with Crippen molar-refractivity contribution in [1.29, 1.82) is 0 Å². The molecule has 3 aliphatic rings. The molecule has 166 valence electrons. The number of hydrogen-bond donors (Lipinski definition) is 2. The highest BCUT2D eigenvalue weighted by Crippen LogP contribution is 2.30. The molecule has 7 heteroatoms. The third-order valence-corrected chi connectivity index (χ3v) is 6.78. The Kier molecular flexibility index (Phi) is 5.66. The predicted octanol–water partition coefficient (Wildman–Crippen LogP) is 2.21. The standard InChI is InChI=1S/C25H28N4O3/c30-23-9-8-22(24(31)27-23)29-16-18-7-6-17(14-21(18)25(29)32)15-28(19-4-2-1-3-5-19)20-10-12-26-13-11-20/h1-7,14,20,22,26H,8-13,15-16H2,(H,27,30,31). The van der Waals surface area contributed by atoms with Gasteiger partial charge in [0.05, 0.1) is 0 Å². The molecule has 0 saturated carbocycles. The summed E-state index contributed by atoms with van der Waals surface area (Å²) in [6.07, 6.45) is 2.82. The molecule has 2 fully saturated rings. The Morgan fingerprint density at radius 1 is 0.969 bits per heavy atom. The quantitative estimate of drug-likeness (QED) is 0.708. The maximum absolute atomic E-state index is 13.2. The number of para-hydroxylation sites is 1. The lowest BCUT2D eigenvalue weighted by Crippen LogP contribution is -2.52. The van der Waals surface area contributed by atoms with Gasteiger partial charge in [0.1, 0.15) is 6.04 Å². The highest BCUT2D eigenvalue weighted by atomic mass is 16.2. The lowest BCUT2D eigenvalue weighted by Gasteiger charge is -2.36. The molecule has 0 aliphatic carbocycles. The van der Waals surface area contributed by atoms with E-state index in [0.29, 0.717) is 24.6 Å². The SMILES string of the molecule is O=C1CCC(N2Cc3ccc(CN(c4ccccc4)C4CCNCC4)cc3C2=O)C(=O)N1. The summed E-state index contributed by atoms with van der Waals surface area (Å²) < 4.78 is 0. The number of rotatable bonds is 5. The van der Waals surface area contributed by atoms with Gasteiger partial charge in [0.15, 0.2) is 0 Å². The molecule has 0 spiro atoms. The van der Waals surface area contributed by atoms with Crippen molar-refractivity contribution in [1.82, 2.24) is 15.5 Å². The van der Waals surface area contributed by atoms with Gasteiger partial charge in [0.2, 0.25) is 11.8 Å². The van der Waals surface area contributed by atoms with Gasteiger partial charge in [-0.15, -0.1) is 0 Å². The van der Waals surface area contributed by atoms with Crippen LogP contribution < -0.4 is 15.5 Å². The molecule has 3 heterocycles. The molecule has 0 aromatic heterocycles. The number of piperidine rings is 2. The van der Waals surface area contributed by atoms with E-state index >= 15 is 0 Å². The summed E-state index contributed by atoms with van der Waals surface area (Å²) in [6, 6.07) is 16.4. The second-order valence-corrected chi connectivity index (χ2v) is 8.84.